The van der Waals surface area contributed by atoms with E-state index in [0.717, 1.165) is 0 Å². The van der Waals surface area contributed by atoms with Crippen LogP contribution in [0.1, 0.15) is 13.8 Å². The van der Waals surface area contributed by atoms with Crippen molar-refractivity contribution in [3.8, 4) is 0 Å². The number of nitrogens with zero attached hydrogens (tertiary/aromatic N) is 2. The molecule has 0 aromatic heterocycles. The highest BCUT2D eigenvalue weighted by molar-refractivity contribution is 5.95. The van der Waals surface area contributed by atoms with E-state index in [4.69, 9.17) is 4.74 Å². The fraction of sp³-hybridized carbons (Fsp3) is 0.417. The number of hydrogen-bond donors (Lipinski definition) is 1. The Bertz CT molecular complexity index is 419. The molecule has 0 spiro atoms. The maximum absolute atomic E-state index is 12.0. The third-order valence-electron chi connectivity index (χ3n) is 3.03. The quantitative estimate of drug-likeness (QED) is 0.800. The molecule has 1 atom stereocenters. The number of anilines is 1. The van der Waals surface area contributed by atoms with Gasteiger partial charge in [0.05, 0.1) is 0 Å². The molecular weight excluding hydrogens is 220 g/mol. The van der Waals surface area contributed by atoms with E-state index in [9.17, 15) is 10.0 Å². The van der Waals surface area contributed by atoms with Gasteiger partial charge < -0.3 is 4.74 Å². The van der Waals surface area contributed by atoms with Gasteiger partial charge in [-0.1, -0.05) is 18.2 Å². The third kappa shape index (κ3) is 1.67. The molecule has 1 aliphatic rings. The largest absolute Gasteiger partial charge is 0.358 e. The zero-order valence-electron chi connectivity index (χ0n) is 10.1. The van der Waals surface area contributed by atoms with E-state index in [1.807, 2.05) is 18.2 Å². The summed E-state index contributed by atoms with van der Waals surface area (Å²) >= 11 is 0. The third-order valence-corrected chi connectivity index (χ3v) is 3.03. The van der Waals surface area contributed by atoms with Gasteiger partial charge in [0, 0.05) is 12.8 Å². The number of carbonyl (C=O) groups is 1. The molecule has 1 fully saturated rings. The minimum atomic E-state index is -0.790. The minimum Gasteiger partial charge on any atom is -0.358 e. The summed E-state index contributed by atoms with van der Waals surface area (Å²) in [5.74, 6) is 0. The summed E-state index contributed by atoms with van der Waals surface area (Å²) < 4.78 is 5.34. The number of methoxy groups -OCH3 is 1. The number of amides is 2. The Balaban J connectivity index is 2.44. The van der Waals surface area contributed by atoms with Crippen LogP contribution in [-0.4, -0.2) is 35.2 Å². The molecule has 5 heteroatoms. The summed E-state index contributed by atoms with van der Waals surface area (Å²) in [5, 5.41) is 10.5. The first kappa shape index (κ1) is 11.9. The molecule has 0 aliphatic carbocycles. The number of para-hydroxylation sites is 1. The van der Waals surface area contributed by atoms with E-state index in [-0.39, 0.29) is 0 Å². The van der Waals surface area contributed by atoms with Crippen LogP contribution in [0.15, 0.2) is 30.3 Å². The van der Waals surface area contributed by atoms with Crippen molar-refractivity contribution >= 4 is 11.7 Å². The second-order valence-corrected chi connectivity index (χ2v) is 4.54. The average Bonchev–Trinajstić information content (AvgIpc) is 2.50. The monoisotopic (exact) mass is 236 g/mol. The van der Waals surface area contributed by atoms with Crippen LogP contribution >= 0.6 is 0 Å². The predicted octanol–water partition coefficient (Wildman–Crippen LogP) is 2.07. The fourth-order valence-corrected chi connectivity index (χ4v) is 2.10. The first-order valence-corrected chi connectivity index (χ1v) is 5.40. The van der Waals surface area contributed by atoms with Gasteiger partial charge in [-0.3, -0.25) is 10.1 Å². The summed E-state index contributed by atoms with van der Waals surface area (Å²) in [6.45, 7) is 3.50. The van der Waals surface area contributed by atoms with Crippen LogP contribution in [-0.2, 0) is 4.74 Å². The highest BCUT2D eigenvalue weighted by Gasteiger charge is 2.52. The van der Waals surface area contributed by atoms with E-state index in [1.165, 1.54) is 12.0 Å². The summed E-state index contributed by atoms with van der Waals surface area (Å²) in [6, 6.07) is 8.67. The second-order valence-electron chi connectivity index (χ2n) is 4.54. The summed E-state index contributed by atoms with van der Waals surface area (Å²) in [6.07, 6.45) is -0.526. The van der Waals surface area contributed by atoms with Crippen molar-refractivity contribution in [1.29, 1.82) is 0 Å². The maximum atomic E-state index is 12.0. The van der Waals surface area contributed by atoms with Crippen molar-refractivity contribution in [3.63, 3.8) is 0 Å². The van der Waals surface area contributed by atoms with Crippen LogP contribution in [0.3, 0.4) is 0 Å². The molecule has 1 heterocycles. The highest BCUT2D eigenvalue weighted by atomic mass is 16.6. The number of hydrogen-bond acceptors (Lipinski definition) is 3. The van der Waals surface area contributed by atoms with Crippen molar-refractivity contribution in [3.05, 3.63) is 30.3 Å². The number of urea groups is 1. The van der Waals surface area contributed by atoms with Crippen molar-refractivity contribution in [2.24, 2.45) is 0 Å². The smallest absolute Gasteiger partial charge is 0.351 e. The molecule has 2 rings (SSSR count). The first-order valence-electron chi connectivity index (χ1n) is 5.40. The topological polar surface area (TPSA) is 53.0 Å². The van der Waals surface area contributed by atoms with Gasteiger partial charge in [-0.05, 0) is 26.0 Å². The lowest BCUT2D eigenvalue weighted by Crippen LogP contribution is -2.46. The normalized spacial score (nSPS) is 23.3. The predicted molar refractivity (Wildman–Crippen MR) is 62.8 cm³/mol. The molecule has 1 aromatic rings. The van der Waals surface area contributed by atoms with Gasteiger partial charge in [0.25, 0.3) is 0 Å². The summed E-state index contributed by atoms with van der Waals surface area (Å²) in [7, 11) is 1.52. The van der Waals surface area contributed by atoms with E-state index < -0.39 is 17.8 Å². The average molecular weight is 236 g/mol. The van der Waals surface area contributed by atoms with Crippen LogP contribution in [0.5, 0.6) is 0 Å². The number of ether oxygens (including phenoxy) is 1. The molecule has 1 saturated heterocycles. The number of carbonyl (C=O) groups excluding carboxylic acids is 1. The van der Waals surface area contributed by atoms with Gasteiger partial charge in [0.15, 0.2) is 6.23 Å². The van der Waals surface area contributed by atoms with E-state index in [0.29, 0.717) is 10.8 Å². The summed E-state index contributed by atoms with van der Waals surface area (Å²) in [5.41, 5.74) is -0.0873. The molecule has 0 radical (unpaired) electrons. The van der Waals surface area contributed by atoms with Crippen LogP contribution in [0, 0.1) is 0 Å². The van der Waals surface area contributed by atoms with E-state index in [1.54, 1.807) is 26.0 Å². The van der Waals surface area contributed by atoms with Gasteiger partial charge in [-0.15, -0.1) is 0 Å². The van der Waals surface area contributed by atoms with Crippen LogP contribution < -0.4 is 4.90 Å². The Hall–Kier alpha value is -1.59. The molecule has 1 N–H and O–H groups in total. The van der Waals surface area contributed by atoms with Gasteiger partial charge in [0.1, 0.15) is 5.54 Å². The Morgan fingerprint density at radius 3 is 2.41 bits per heavy atom. The molecule has 0 saturated carbocycles. The van der Waals surface area contributed by atoms with Crippen LogP contribution in [0.25, 0.3) is 0 Å². The lowest BCUT2D eigenvalue weighted by atomic mass is 10.0. The minimum absolute atomic E-state index is 0.479. The molecule has 1 unspecified atom stereocenters. The number of rotatable bonds is 2. The van der Waals surface area contributed by atoms with Gasteiger partial charge in [-0.2, -0.15) is 5.06 Å². The summed E-state index contributed by atoms with van der Waals surface area (Å²) in [4.78, 5) is 13.5. The molecule has 92 valence electrons. The fourth-order valence-electron chi connectivity index (χ4n) is 2.10. The zero-order chi connectivity index (χ0) is 12.6. The van der Waals surface area contributed by atoms with Crippen LogP contribution in [0.2, 0.25) is 0 Å². The van der Waals surface area contributed by atoms with Crippen molar-refractivity contribution < 1.29 is 14.7 Å². The van der Waals surface area contributed by atoms with Gasteiger partial charge in [0.2, 0.25) is 0 Å². The Morgan fingerprint density at radius 1 is 1.29 bits per heavy atom. The van der Waals surface area contributed by atoms with E-state index in [2.05, 4.69) is 0 Å². The molecule has 5 nitrogen and oxygen atoms in total. The molecule has 2 amide bonds. The van der Waals surface area contributed by atoms with Crippen molar-refractivity contribution in [2.45, 2.75) is 25.6 Å². The van der Waals surface area contributed by atoms with Crippen molar-refractivity contribution in [2.75, 3.05) is 12.0 Å². The maximum Gasteiger partial charge on any atom is 0.351 e. The Morgan fingerprint density at radius 2 is 1.88 bits per heavy atom. The molecule has 1 aliphatic heterocycles. The Labute approximate surface area is 100 Å². The van der Waals surface area contributed by atoms with Crippen molar-refractivity contribution in [1.82, 2.24) is 5.06 Å². The van der Waals surface area contributed by atoms with Gasteiger partial charge in [-0.25, -0.2) is 4.79 Å². The Kier molecular flexibility index (Phi) is 2.81. The number of hydroxylamine groups is 2. The molecule has 17 heavy (non-hydrogen) atoms. The SMILES string of the molecule is COC1N(c2ccccc2)C(=O)N(O)C1(C)C. The lowest BCUT2D eigenvalue weighted by Gasteiger charge is -2.30. The first-order chi connectivity index (χ1) is 8.00. The van der Waals surface area contributed by atoms with E-state index >= 15 is 0 Å². The molecule has 1 aromatic carbocycles. The van der Waals surface area contributed by atoms with Crippen LogP contribution in [0.4, 0.5) is 10.5 Å². The molecule has 0 bridgehead atoms. The highest BCUT2D eigenvalue weighted by Crippen LogP contribution is 2.35. The van der Waals surface area contributed by atoms with Gasteiger partial charge >= 0.3 is 6.03 Å². The standard InChI is InChI=1S/C12H16N2O3/c1-12(2)10(17-3)13(11(15)14(12)16)9-7-5-4-6-8-9/h4-8,10,16H,1-3H3. The number of benzene rings is 1. The molecular formula is C12H16N2O3. The lowest BCUT2D eigenvalue weighted by molar-refractivity contribution is -0.127. The zero-order valence-corrected chi connectivity index (χ0v) is 10.1. The second kappa shape index (κ2) is 4.01.